The Morgan fingerprint density at radius 2 is 1.96 bits per heavy atom. The number of hydrogen-bond acceptors (Lipinski definition) is 3. The van der Waals surface area contributed by atoms with Gasteiger partial charge in [0.2, 0.25) is 0 Å². The van der Waals surface area contributed by atoms with Crippen LogP contribution in [-0.2, 0) is 0 Å². The summed E-state index contributed by atoms with van der Waals surface area (Å²) in [4.78, 5) is 13.5. The first kappa shape index (κ1) is 17.4. The number of unbranched alkanes of at least 4 members (excludes halogenated alkanes) is 1. The fourth-order valence-electron chi connectivity index (χ4n) is 2.06. The third-order valence-electron chi connectivity index (χ3n) is 3.43. The Labute approximate surface area is 142 Å². The SMILES string of the molecule is CCCCOc1cccc(C(=O)C=Cc2ccc(SC)cc2)c1. The maximum atomic E-state index is 12.3. The third kappa shape index (κ3) is 5.61. The molecule has 0 spiro atoms. The van der Waals surface area contributed by atoms with E-state index in [1.807, 2.05) is 42.7 Å². The number of benzene rings is 2. The zero-order valence-corrected chi connectivity index (χ0v) is 14.4. The minimum Gasteiger partial charge on any atom is -0.494 e. The smallest absolute Gasteiger partial charge is 0.185 e. The van der Waals surface area contributed by atoms with Gasteiger partial charge in [-0.1, -0.05) is 43.7 Å². The highest BCUT2D eigenvalue weighted by molar-refractivity contribution is 7.98. The van der Waals surface area contributed by atoms with E-state index < -0.39 is 0 Å². The van der Waals surface area contributed by atoms with Gasteiger partial charge in [-0.15, -0.1) is 11.8 Å². The molecule has 0 saturated heterocycles. The summed E-state index contributed by atoms with van der Waals surface area (Å²) in [6.45, 7) is 2.81. The summed E-state index contributed by atoms with van der Waals surface area (Å²) < 4.78 is 5.65. The molecule has 0 N–H and O–H groups in total. The van der Waals surface area contributed by atoms with Crippen molar-refractivity contribution in [3.63, 3.8) is 0 Å². The number of carbonyl (C=O) groups excluding carboxylic acids is 1. The number of ketones is 1. The number of carbonyl (C=O) groups is 1. The summed E-state index contributed by atoms with van der Waals surface area (Å²) >= 11 is 1.70. The monoisotopic (exact) mass is 326 g/mol. The molecule has 0 saturated carbocycles. The van der Waals surface area contributed by atoms with Gasteiger partial charge in [-0.25, -0.2) is 0 Å². The number of thioether (sulfide) groups is 1. The predicted octanol–water partition coefficient (Wildman–Crippen LogP) is 5.48. The third-order valence-corrected chi connectivity index (χ3v) is 4.17. The predicted molar refractivity (Wildman–Crippen MR) is 98.4 cm³/mol. The number of ether oxygens (including phenoxy) is 1. The lowest BCUT2D eigenvalue weighted by atomic mass is 10.1. The van der Waals surface area contributed by atoms with Gasteiger partial charge in [-0.05, 0) is 48.6 Å². The van der Waals surface area contributed by atoms with Gasteiger partial charge in [0.1, 0.15) is 5.75 Å². The van der Waals surface area contributed by atoms with Gasteiger partial charge < -0.3 is 4.74 Å². The van der Waals surface area contributed by atoms with Crippen LogP contribution in [0.5, 0.6) is 5.75 Å². The molecule has 0 aliphatic carbocycles. The van der Waals surface area contributed by atoms with Crippen molar-refractivity contribution in [2.24, 2.45) is 0 Å². The van der Waals surface area contributed by atoms with Gasteiger partial charge in [0, 0.05) is 10.5 Å². The first-order valence-corrected chi connectivity index (χ1v) is 9.04. The van der Waals surface area contributed by atoms with Crippen LogP contribution >= 0.6 is 11.8 Å². The largest absolute Gasteiger partial charge is 0.494 e. The van der Waals surface area contributed by atoms with Crippen molar-refractivity contribution in [2.75, 3.05) is 12.9 Å². The van der Waals surface area contributed by atoms with Crippen LogP contribution in [0, 0.1) is 0 Å². The summed E-state index contributed by atoms with van der Waals surface area (Å²) in [7, 11) is 0. The molecule has 2 rings (SSSR count). The van der Waals surface area contributed by atoms with E-state index in [9.17, 15) is 4.79 Å². The Morgan fingerprint density at radius 3 is 2.65 bits per heavy atom. The Morgan fingerprint density at radius 1 is 1.17 bits per heavy atom. The van der Waals surface area contributed by atoms with Crippen LogP contribution in [0.25, 0.3) is 6.08 Å². The number of allylic oxidation sites excluding steroid dienone is 1. The second-order valence-electron chi connectivity index (χ2n) is 5.20. The van der Waals surface area contributed by atoms with E-state index in [1.165, 1.54) is 4.90 Å². The van der Waals surface area contributed by atoms with Crippen molar-refractivity contribution in [3.05, 3.63) is 65.7 Å². The van der Waals surface area contributed by atoms with Crippen molar-refractivity contribution in [2.45, 2.75) is 24.7 Å². The van der Waals surface area contributed by atoms with E-state index in [1.54, 1.807) is 23.9 Å². The van der Waals surface area contributed by atoms with E-state index in [2.05, 4.69) is 19.1 Å². The van der Waals surface area contributed by atoms with E-state index in [-0.39, 0.29) is 5.78 Å². The first-order chi connectivity index (χ1) is 11.2. The first-order valence-electron chi connectivity index (χ1n) is 7.82. The van der Waals surface area contributed by atoms with Crippen LogP contribution < -0.4 is 4.74 Å². The molecule has 2 nitrogen and oxygen atoms in total. The Balaban J connectivity index is 2.01. The fourth-order valence-corrected chi connectivity index (χ4v) is 2.46. The zero-order chi connectivity index (χ0) is 16.5. The molecule has 0 fully saturated rings. The number of hydrogen-bond donors (Lipinski definition) is 0. The van der Waals surface area contributed by atoms with E-state index in [4.69, 9.17) is 4.74 Å². The zero-order valence-electron chi connectivity index (χ0n) is 13.6. The Hall–Kier alpha value is -2.00. The summed E-state index contributed by atoms with van der Waals surface area (Å²) in [5, 5.41) is 0. The number of rotatable bonds is 8. The molecule has 120 valence electrons. The van der Waals surface area contributed by atoms with Crippen molar-refractivity contribution < 1.29 is 9.53 Å². The van der Waals surface area contributed by atoms with Crippen LogP contribution in [0.4, 0.5) is 0 Å². The summed E-state index contributed by atoms with van der Waals surface area (Å²) in [5.74, 6) is 0.738. The molecule has 0 unspecified atom stereocenters. The van der Waals surface area contributed by atoms with Crippen molar-refractivity contribution >= 4 is 23.6 Å². The summed E-state index contributed by atoms with van der Waals surface area (Å²) in [6, 6.07) is 15.5. The second kappa shape index (κ2) is 9.21. The molecule has 0 radical (unpaired) electrons. The van der Waals surface area contributed by atoms with Crippen molar-refractivity contribution in [3.8, 4) is 5.75 Å². The van der Waals surface area contributed by atoms with Gasteiger partial charge >= 0.3 is 0 Å². The Bertz CT molecular complexity index is 660. The molecule has 0 atom stereocenters. The molecule has 0 aromatic heterocycles. The second-order valence-corrected chi connectivity index (χ2v) is 6.08. The van der Waals surface area contributed by atoms with Crippen molar-refractivity contribution in [1.29, 1.82) is 0 Å². The lowest BCUT2D eigenvalue weighted by Crippen LogP contribution is -1.99. The van der Waals surface area contributed by atoms with Gasteiger partial charge in [0.05, 0.1) is 6.61 Å². The summed E-state index contributed by atoms with van der Waals surface area (Å²) in [6.07, 6.45) is 7.61. The quantitative estimate of drug-likeness (QED) is 0.278. The fraction of sp³-hybridized carbons (Fsp3) is 0.250. The lowest BCUT2D eigenvalue weighted by molar-refractivity contribution is 0.104. The van der Waals surface area contributed by atoms with E-state index >= 15 is 0 Å². The highest BCUT2D eigenvalue weighted by atomic mass is 32.2. The van der Waals surface area contributed by atoms with Gasteiger partial charge in [0.15, 0.2) is 5.78 Å². The highest BCUT2D eigenvalue weighted by Gasteiger charge is 2.03. The average Bonchev–Trinajstić information content (AvgIpc) is 2.60. The van der Waals surface area contributed by atoms with E-state index in [0.29, 0.717) is 12.2 Å². The normalized spacial score (nSPS) is 10.9. The van der Waals surface area contributed by atoms with Crippen LogP contribution in [-0.4, -0.2) is 18.6 Å². The molecule has 2 aromatic rings. The van der Waals surface area contributed by atoms with Gasteiger partial charge in [-0.2, -0.15) is 0 Å². The molecular weight excluding hydrogens is 304 g/mol. The highest BCUT2D eigenvalue weighted by Crippen LogP contribution is 2.17. The van der Waals surface area contributed by atoms with Crippen LogP contribution in [0.1, 0.15) is 35.7 Å². The standard InChI is InChI=1S/C20H22O2S/c1-3-4-14-22-18-7-5-6-17(15-18)20(21)13-10-16-8-11-19(23-2)12-9-16/h5-13,15H,3-4,14H2,1-2H3. The molecule has 2 aromatic carbocycles. The summed E-state index contributed by atoms with van der Waals surface area (Å²) in [5.41, 5.74) is 1.67. The minimum atomic E-state index is -0.0140. The topological polar surface area (TPSA) is 26.3 Å². The van der Waals surface area contributed by atoms with Crippen LogP contribution in [0.2, 0.25) is 0 Å². The lowest BCUT2D eigenvalue weighted by Gasteiger charge is -2.06. The van der Waals surface area contributed by atoms with Crippen LogP contribution in [0.3, 0.4) is 0 Å². The molecule has 0 aliphatic rings. The maximum absolute atomic E-state index is 12.3. The van der Waals surface area contributed by atoms with E-state index in [0.717, 1.165) is 24.2 Å². The minimum absolute atomic E-state index is 0.0140. The molecule has 3 heteroatoms. The van der Waals surface area contributed by atoms with Gasteiger partial charge in [0.25, 0.3) is 0 Å². The Kier molecular flexibility index (Phi) is 6.95. The molecule has 0 bridgehead atoms. The van der Waals surface area contributed by atoms with Crippen LogP contribution in [0.15, 0.2) is 59.5 Å². The van der Waals surface area contributed by atoms with Gasteiger partial charge in [-0.3, -0.25) is 4.79 Å². The molecular formula is C20H22O2S. The average molecular weight is 326 g/mol. The molecule has 23 heavy (non-hydrogen) atoms. The molecule has 0 aliphatic heterocycles. The molecule has 0 amide bonds. The van der Waals surface area contributed by atoms with Crippen molar-refractivity contribution in [1.82, 2.24) is 0 Å². The maximum Gasteiger partial charge on any atom is 0.185 e. The molecule has 0 heterocycles.